The number of carbonyl (C=O) groups excluding carboxylic acids is 1. The zero-order valence-electron chi connectivity index (χ0n) is 13.8. The van der Waals surface area contributed by atoms with E-state index < -0.39 is 0 Å². The van der Waals surface area contributed by atoms with Crippen LogP contribution in [0, 0.1) is 5.92 Å². The molecule has 1 amide bonds. The first kappa shape index (κ1) is 15.8. The molecule has 1 aliphatic carbocycles. The van der Waals surface area contributed by atoms with Crippen LogP contribution in [0.4, 0.5) is 0 Å². The molecule has 2 atom stereocenters. The van der Waals surface area contributed by atoms with Crippen LogP contribution in [0.15, 0.2) is 0 Å². The van der Waals surface area contributed by atoms with Gasteiger partial charge in [0.15, 0.2) is 0 Å². The molecular weight excluding hydrogens is 250 g/mol. The SMILES string of the molecule is CCN(CC)CC(C)N1C(=O)C2(CC2)NC1CC(C)C. The number of nitrogens with zero attached hydrogens (tertiary/aromatic N) is 2. The number of hydrogen-bond acceptors (Lipinski definition) is 3. The van der Waals surface area contributed by atoms with Crippen LogP contribution >= 0.6 is 0 Å². The second-order valence-corrected chi connectivity index (χ2v) is 6.92. The van der Waals surface area contributed by atoms with Crippen molar-refractivity contribution in [3.8, 4) is 0 Å². The highest BCUT2D eigenvalue weighted by Gasteiger charge is 2.59. The summed E-state index contributed by atoms with van der Waals surface area (Å²) in [7, 11) is 0. The monoisotopic (exact) mass is 281 g/mol. The Bertz CT molecular complexity index is 348. The molecule has 0 aromatic rings. The van der Waals surface area contributed by atoms with E-state index in [2.05, 4.69) is 49.7 Å². The molecular formula is C16H31N3O. The topological polar surface area (TPSA) is 35.6 Å². The predicted octanol–water partition coefficient (Wildman–Crippen LogP) is 2.05. The van der Waals surface area contributed by atoms with Gasteiger partial charge in [-0.05, 0) is 45.2 Å². The molecule has 2 rings (SSSR count). The van der Waals surface area contributed by atoms with Gasteiger partial charge in [0.25, 0.3) is 0 Å². The molecule has 0 radical (unpaired) electrons. The normalized spacial score (nSPS) is 26.1. The molecule has 2 fully saturated rings. The van der Waals surface area contributed by atoms with Crippen molar-refractivity contribution in [1.82, 2.24) is 15.1 Å². The Labute approximate surface area is 123 Å². The van der Waals surface area contributed by atoms with Crippen LogP contribution in [-0.2, 0) is 4.79 Å². The summed E-state index contributed by atoms with van der Waals surface area (Å²) in [5.74, 6) is 0.958. The highest BCUT2D eigenvalue weighted by Crippen LogP contribution is 2.43. The highest BCUT2D eigenvalue weighted by molar-refractivity contribution is 5.92. The highest BCUT2D eigenvalue weighted by atomic mass is 16.2. The minimum atomic E-state index is -0.183. The van der Waals surface area contributed by atoms with E-state index >= 15 is 0 Å². The second kappa shape index (κ2) is 6.02. The molecule has 2 unspecified atom stereocenters. The Morgan fingerprint density at radius 3 is 2.35 bits per heavy atom. The fraction of sp³-hybridized carbons (Fsp3) is 0.938. The van der Waals surface area contributed by atoms with Crippen LogP contribution in [0.1, 0.15) is 53.9 Å². The van der Waals surface area contributed by atoms with Gasteiger partial charge in [-0.25, -0.2) is 0 Å². The maximum Gasteiger partial charge on any atom is 0.244 e. The molecule has 20 heavy (non-hydrogen) atoms. The van der Waals surface area contributed by atoms with E-state index in [1.54, 1.807) is 0 Å². The molecule has 1 saturated carbocycles. The van der Waals surface area contributed by atoms with Gasteiger partial charge in [0.2, 0.25) is 5.91 Å². The van der Waals surface area contributed by atoms with Crippen LogP contribution in [0.5, 0.6) is 0 Å². The number of amides is 1. The van der Waals surface area contributed by atoms with E-state index in [0.717, 1.165) is 38.9 Å². The molecule has 1 aliphatic heterocycles. The van der Waals surface area contributed by atoms with Crippen LogP contribution in [0.2, 0.25) is 0 Å². The van der Waals surface area contributed by atoms with E-state index in [9.17, 15) is 4.79 Å². The largest absolute Gasteiger partial charge is 0.322 e. The molecule has 2 aliphatic rings. The molecule has 4 nitrogen and oxygen atoms in total. The minimum Gasteiger partial charge on any atom is -0.322 e. The van der Waals surface area contributed by atoms with Gasteiger partial charge in [0, 0.05) is 12.6 Å². The van der Waals surface area contributed by atoms with Gasteiger partial charge in [-0.15, -0.1) is 0 Å². The molecule has 0 aromatic heterocycles. The lowest BCUT2D eigenvalue weighted by molar-refractivity contribution is -0.133. The summed E-state index contributed by atoms with van der Waals surface area (Å²) < 4.78 is 0. The third-order valence-electron chi connectivity index (χ3n) is 4.76. The molecule has 1 N–H and O–H groups in total. The Morgan fingerprint density at radius 2 is 1.90 bits per heavy atom. The van der Waals surface area contributed by atoms with E-state index in [4.69, 9.17) is 0 Å². The number of hydrogen-bond donors (Lipinski definition) is 1. The Kier molecular flexibility index (Phi) is 4.75. The molecule has 1 heterocycles. The minimum absolute atomic E-state index is 0.183. The molecule has 1 saturated heterocycles. The lowest BCUT2D eigenvalue weighted by Crippen LogP contribution is -2.48. The number of carbonyl (C=O) groups is 1. The van der Waals surface area contributed by atoms with Crippen LogP contribution in [-0.4, -0.2) is 53.1 Å². The molecule has 0 aromatic carbocycles. The van der Waals surface area contributed by atoms with Crippen molar-refractivity contribution in [2.45, 2.75) is 71.6 Å². The summed E-state index contributed by atoms with van der Waals surface area (Å²) in [6.45, 7) is 14.1. The second-order valence-electron chi connectivity index (χ2n) is 6.92. The number of nitrogens with one attached hydrogen (secondary N) is 1. The van der Waals surface area contributed by atoms with Gasteiger partial charge in [0.05, 0.1) is 11.7 Å². The van der Waals surface area contributed by atoms with Crippen molar-refractivity contribution in [3.05, 3.63) is 0 Å². The summed E-state index contributed by atoms with van der Waals surface area (Å²) in [5.41, 5.74) is -0.183. The standard InChI is InChI=1S/C16H31N3O/c1-6-18(7-2)11-13(5)19-14(10-12(3)4)17-16(8-9-16)15(19)20/h12-14,17H,6-11H2,1-5H3. The fourth-order valence-corrected chi connectivity index (χ4v) is 3.39. The van der Waals surface area contributed by atoms with Gasteiger partial charge in [-0.2, -0.15) is 0 Å². The van der Waals surface area contributed by atoms with Crippen molar-refractivity contribution in [2.24, 2.45) is 5.92 Å². The van der Waals surface area contributed by atoms with Crippen molar-refractivity contribution in [1.29, 1.82) is 0 Å². The van der Waals surface area contributed by atoms with Gasteiger partial charge >= 0.3 is 0 Å². The third-order valence-corrected chi connectivity index (χ3v) is 4.76. The van der Waals surface area contributed by atoms with E-state index in [1.165, 1.54) is 0 Å². The smallest absolute Gasteiger partial charge is 0.244 e. The fourth-order valence-electron chi connectivity index (χ4n) is 3.39. The van der Waals surface area contributed by atoms with Crippen molar-refractivity contribution in [3.63, 3.8) is 0 Å². The quantitative estimate of drug-likeness (QED) is 0.776. The molecule has 0 bridgehead atoms. The number of rotatable bonds is 7. The van der Waals surface area contributed by atoms with Gasteiger partial charge in [-0.3, -0.25) is 10.1 Å². The lowest BCUT2D eigenvalue weighted by Gasteiger charge is -2.34. The van der Waals surface area contributed by atoms with Gasteiger partial charge in [0.1, 0.15) is 0 Å². The van der Waals surface area contributed by atoms with Crippen LogP contribution < -0.4 is 5.32 Å². The first-order valence-corrected chi connectivity index (χ1v) is 8.26. The first-order chi connectivity index (χ1) is 9.43. The predicted molar refractivity (Wildman–Crippen MR) is 82.4 cm³/mol. The summed E-state index contributed by atoms with van der Waals surface area (Å²) >= 11 is 0. The Morgan fingerprint density at radius 1 is 1.30 bits per heavy atom. The first-order valence-electron chi connectivity index (χ1n) is 8.26. The average Bonchev–Trinajstić information content (AvgIpc) is 3.10. The molecule has 1 spiro atoms. The zero-order valence-corrected chi connectivity index (χ0v) is 13.8. The summed E-state index contributed by atoms with van der Waals surface area (Å²) in [6.07, 6.45) is 3.33. The molecule has 4 heteroatoms. The lowest BCUT2D eigenvalue weighted by atomic mass is 10.1. The van der Waals surface area contributed by atoms with E-state index in [1.807, 2.05) is 0 Å². The molecule has 116 valence electrons. The summed E-state index contributed by atoms with van der Waals surface area (Å²) in [6, 6.07) is 0.290. The number of likely N-dealkylation sites (N-methyl/N-ethyl adjacent to an activating group) is 1. The Hall–Kier alpha value is -0.610. The van der Waals surface area contributed by atoms with E-state index in [-0.39, 0.29) is 11.7 Å². The maximum atomic E-state index is 12.7. The van der Waals surface area contributed by atoms with Crippen molar-refractivity contribution >= 4 is 5.91 Å². The van der Waals surface area contributed by atoms with Crippen LogP contribution in [0.25, 0.3) is 0 Å². The van der Waals surface area contributed by atoms with E-state index in [0.29, 0.717) is 17.9 Å². The third kappa shape index (κ3) is 3.01. The van der Waals surface area contributed by atoms with Crippen molar-refractivity contribution < 1.29 is 4.79 Å². The van der Waals surface area contributed by atoms with Crippen molar-refractivity contribution in [2.75, 3.05) is 19.6 Å². The maximum absolute atomic E-state index is 12.7. The van der Waals surface area contributed by atoms with Gasteiger partial charge < -0.3 is 9.80 Å². The Balaban J connectivity index is 2.06. The summed E-state index contributed by atoms with van der Waals surface area (Å²) in [5, 5.41) is 3.62. The van der Waals surface area contributed by atoms with Gasteiger partial charge in [-0.1, -0.05) is 27.7 Å². The zero-order chi connectivity index (χ0) is 14.9. The summed E-state index contributed by atoms with van der Waals surface area (Å²) in [4.78, 5) is 17.3. The average molecular weight is 281 g/mol. The van der Waals surface area contributed by atoms with Crippen LogP contribution in [0.3, 0.4) is 0 Å².